The highest BCUT2D eigenvalue weighted by Crippen LogP contribution is 2.17. The van der Waals surface area contributed by atoms with Crippen LogP contribution in [0.4, 0.5) is 0 Å². The van der Waals surface area contributed by atoms with E-state index in [1.54, 1.807) is 0 Å². The van der Waals surface area contributed by atoms with Crippen molar-refractivity contribution in [2.75, 3.05) is 0 Å². The molecule has 102 valence electrons. The number of ether oxygens (including phenoxy) is 2. The van der Waals surface area contributed by atoms with Crippen LogP contribution in [0.5, 0.6) is 0 Å². The minimum absolute atomic E-state index is 0.487. The zero-order valence-corrected chi connectivity index (χ0v) is 11.4. The van der Waals surface area contributed by atoms with E-state index in [1.165, 1.54) is 13.8 Å². The van der Waals surface area contributed by atoms with Crippen molar-refractivity contribution >= 4 is 18.0 Å². The third-order valence-corrected chi connectivity index (χ3v) is 2.41. The maximum Gasteiger partial charge on any atom is 0.305 e. The van der Waals surface area contributed by atoms with Crippen molar-refractivity contribution in [3.05, 3.63) is 41.5 Å². The number of carbonyl (C=O) groups is 2. The first-order valence-corrected chi connectivity index (χ1v) is 6.13. The van der Waals surface area contributed by atoms with Gasteiger partial charge >= 0.3 is 11.9 Å². The van der Waals surface area contributed by atoms with Gasteiger partial charge in [-0.25, -0.2) is 0 Å². The van der Waals surface area contributed by atoms with Gasteiger partial charge in [-0.1, -0.05) is 37.3 Å². The van der Waals surface area contributed by atoms with Crippen LogP contribution in [0.3, 0.4) is 0 Å². The van der Waals surface area contributed by atoms with Gasteiger partial charge in [0.15, 0.2) is 0 Å². The van der Waals surface area contributed by atoms with E-state index in [1.807, 2.05) is 43.3 Å². The molecule has 19 heavy (non-hydrogen) atoms. The molecule has 0 atom stereocenters. The molecule has 0 fully saturated rings. The molecule has 4 heteroatoms. The zero-order chi connectivity index (χ0) is 14.3. The zero-order valence-electron chi connectivity index (χ0n) is 11.4. The Kier molecular flexibility index (Phi) is 5.79. The topological polar surface area (TPSA) is 52.6 Å². The smallest absolute Gasteiger partial charge is 0.305 e. The van der Waals surface area contributed by atoms with Gasteiger partial charge in [-0.05, 0) is 18.1 Å². The first-order chi connectivity index (χ1) is 9.02. The number of hydrogen-bond acceptors (Lipinski definition) is 4. The van der Waals surface area contributed by atoms with Crippen LogP contribution in [0.1, 0.15) is 32.8 Å². The molecule has 0 aliphatic rings. The largest absolute Gasteiger partial charge is 0.421 e. The van der Waals surface area contributed by atoms with Gasteiger partial charge in [-0.3, -0.25) is 9.59 Å². The Morgan fingerprint density at radius 1 is 1.11 bits per heavy atom. The third kappa shape index (κ3) is 5.38. The minimum atomic E-state index is -0.958. The Morgan fingerprint density at radius 2 is 1.63 bits per heavy atom. The summed E-state index contributed by atoms with van der Waals surface area (Å²) < 4.78 is 10.1. The summed E-state index contributed by atoms with van der Waals surface area (Å²) in [6, 6.07) is 9.58. The number of esters is 2. The molecule has 0 radical (unpaired) electrons. The van der Waals surface area contributed by atoms with Gasteiger partial charge in [-0.15, -0.1) is 0 Å². The van der Waals surface area contributed by atoms with E-state index in [2.05, 4.69) is 0 Å². The molecule has 0 aliphatic carbocycles. The molecule has 0 amide bonds. The molecular weight excluding hydrogens is 244 g/mol. The molecule has 0 saturated carbocycles. The lowest BCUT2D eigenvalue weighted by Gasteiger charge is -2.19. The van der Waals surface area contributed by atoms with E-state index in [0.717, 1.165) is 11.1 Å². The average Bonchev–Trinajstić information content (AvgIpc) is 2.35. The second-order valence-electron chi connectivity index (χ2n) is 4.03. The Morgan fingerprint density at radius 3 is 2.05 bits per heavy atom. The molecular formula is C15H18O4. The van der Waals surface area contributed by atoms with Gasteiger partial charge < -0.3 is 9.47 Å². The van der Waals surface area contributed by atoms with Crippen LogP contribution in [0.2, 0.25) is 0 Å². The second kappa shape index (κ2) is 7.36. The maximum absolute atomic E-state index is 11.1. The Bertz CT molecular complexity index is 446. The molecule has 0 spiro atoms. The molecule has 0 bridgehead atoms. The van der Waals surface area contributed by atoms with Crippen LogP contribution >= 0.6 is 0 Å². The Balaban J connectivity index is 2.98. The molecule has 0 unspecified atom stereocenters. The standard InChI is InChI=1S/C15H18O4/c1-4-14(10-13-8-6-5-7-9-13)15(18-11(2)16)19-12(3)17/h5-10,15H,4H2,1-3H3/b14-10+. The van der Waals surface area contributed by atoms with E-state index in [-0.39, 0.29) is 0 Å². The molecule has 1 rings (SSSR count). The molecule has 1 aromatic carbocycles. The first kappa shape index (κ1) is 15.0. The molecule has 4 nitrogen and oxygen atoms in total. The van der Waals surface area contributed by atoms with Crippen LogP contribution in [0.15, 0.2) is 35.9 Å². The fraction of sp³-hybridized carbons (Fsp3) is 0.333. The van der Waals surface area contributed by atoms with Gasteiger partial charge in [0, 0.05) is 19.4 Å². The van der Waals surface area contributed by atoms with E-state index in [9.17, 15) is 9.59 Å². The van der Waals surface area contributed by atoms with Crippen LogP contribution in [0.25, 0.3) is 6.08 Å². The van der Waals surface area contributed by atoms with Crippen LogP contribution in [-0.4, -0.2) is 18.2 Å². The van der Waals surface area contributed by atoms with E-state index < -0.39 is 18.2 Å². The fourth-order valence-corrected chi connectivity index (χ4v) is 1.58. The minimum Gasteiger partial charge on any atom is -0.421 e. The number of rotatable bonds is 5. The van der Waals surface area contributed by atoms with Gasteiger partial charge in [0.2, 0.25) is 0 Å². The summed E-state index contributed by atoms with van der Waals surface area (Å²) in [5.41, 5.74) is 1.69. The lowest BCUT2D eigenvalue weighted by Crippen LogP contribution is -2.24. The number of hydrogen-bond donors (Lipinski definition) is 0. The Hall–Kier alpha value is -2.10. The summed E-state index contributed by atoms with van der Waals surface area (Å²) in [5.74, 6) is -0.975. The molecule has 0 saturated heterocycles. The highest BCUT2D eigenvalue weighted by Gasteiger charge is 2.19. The predicted molar refractivity (Wildman–Crippen MR) is 72.0 cm³/mol. The highest BCUT2D eigenvalue weighted by atomic mass is 16.7. The fourth-order valence-electron chi connectivity index (χ4n) is 1.58. The summed E-state index contributed by atoms with van der Waals surface area (Å²) >= 11 is 0. The quantitative estimate of drug-likeness (QED) is 0.604. The molecule has 1 aromatic rings. The van der Waals surface area contributed by atoms with E-state index in [4.69, 9.17) is 9.47 Å². The maximum atomic E-state index is 11.1. The van der Waals surface area contributed by atoms with Gasteiger partial charge in [0.05, 0.1) is 0 Å². The summed E-state index contributed by atoms with van der Waals surface area (Å²) in [7, 11) is 0. The van der Waals surface area contributed by atoms with Gasteiger partial charge in [0.25, 0.3) is 6.29 Å². The predicted octanol–water partition coefficient (Wildman–Crippen LogP) is 2.93. The van der Waals surface area contributed by atoms with Crippen LogP contribution < -0.4 is 0 Å². The normalized spacial score (nSPS) is 11.3. The summed E-state index contributed by atoms with van der Waals surface area (Å²) in [6.07, 6.45) is 1.51. The third-order valence-electron chi connectivity index (χ3n) is 2.41. The lowest BCUT2D eigenvalue weighted by atomic mass is 10.1. The molecule has 0 N–H and O–H groups in total. The van der Waals surface area contributed by atoms with Crippen molar-refractivity contribution in [2.24, 2.45) is 0 Å². The number of benzene rings is 1. The molecule has 0 aromatic heterocycles. The van der Waals surface area contributed by atoms with Crippen LogP contribution in [-0.2, 0) is 19.1 Å². The summed E-state index contributed by atoms with van der Waals surface area (Å²) in [6.45, 7) is 4.48. The van der Waals surface area contributed by atoms with Crippen molar-refractivity contribution in [2.45, 2.75) is 33.5 Å². The van der Waals surface area contributed by atoms with Crippen molar-refractivity contribution in [1.29, 1.82) is 0 Å². The van der Waals surface area contributed by atoms with Crippen molar-refractivity contribution in [3.63, 3.8) is 0 Å². The average molecular weight is 262 g/mol. The van der Waals surface area contributed by atoms with Crippen molar-refractivity contribution in [1.82, 2.24) is 0 Å². The van der Waals surface area contributed by atoms with E-state index >= 15 is 0 Å². The first-order valence-electron chi connectivity index (χ1n) is 6.13. The number of carbonyl (C=O) groups excluding carboxylic acids is 2. The monoisotopic (exact) mass is 262 g/mol. The SMILES string of the molecule is CC/C(=C\c1ccccc1)C(OC(C)=O)OC(C)=O. The second-order valence-corrected chi connectivity index (χ2v) is 4.03. The van der Waals surface area contributed by atoms with Gasteiger partial charge in [0.1, 0.15) is 0 Å². The summed E-state index contributed by atoms with van der Waals surface area (Å²) in [4.78, 5) is 22.1. The molecule has 0 heterocycles. The van der Waals surface area contributed by atoms with Crippen molar-refractivity contribution in [3.8, 4) is 0 Å². The van der Waals surface area contributed by atoms with Crippen molar-refractivity contribution < 1.29 is 19.1 Å². The molecule has 0 aliphatic heterocycles. The summed E-state index contributed by atoms with van der Waals surface area (Å²) in [5, 5.41) is 0. The Labute approximate surface area is 113 Å². The van der Waals surface area contributed by atoms with Gasteiger partial charge in [-0.2, -0.15) is 0 Å². The van der Waals surface area contributed by atoms with E-state index in [0.29, 0.717) is 6.42 Å². The lowest BCUT2D eigenvalue weighted by molar-refractivity contribution is -0.178. The highest BCUT2D eigenvalue weighted by molar-refractivity contribution is 5.69. The van der Waals surface area contributed by atoms with Crippen LogP contribution in [0, 0.1) is 0 Å².